The highest BCUT2D eigenvalue weighted by atomic mass is 16.5. The van der Waals surface area contributed by atoms with E-state index < -0.39 is 0 Å². The first-order valence-electron chi connectivity index (χ1n) is 5.54. The van der Waals surface area contributed by atoms with Gasteiger partial charge in [-0.15, -0.1) is 0 Å². The zero-order valence-corrected chi connectivity index (χ0v) is 10.5. The Labute approximate surface area is 97.6 Å². The van der Waals surface area contributed by atoms with Gasteiger partial charge in [-0.1, -0.05) is 51.1 Å². The van der Waals surface area contributed by atoms with Crippen molar-refractivity contribution >= 4 is 5.78 Å². The van der Waals surface area contributed by atoms with Crippen molar-refractivity contribution in [3.63, 3.8) is 0 Å². The SMILES string of the molecule is COC(C(=O)Cc1ccccc1)C(C)(C)C. The maximum atomic E-state index is 12.1. The second-order valence-electron chi connectivity index (χ2n) is 5.11. The van der Waals surface area contributed by atoms with Crippen molar-refractivity contribution in [1.29, 1.82) is 0 Å². The van der Waals surface area contributed by atoms with E-state index in [1.54, 1.807) is 7.11 Å². The van der Waals surface area contributed by atoms with Crippen molar-refractivity contribution in [1.82, 2.24) is 0 Å². The summed E-state index contributed by atoms with van der Waals surface area (Å²) >= 11 is 0. The second kappa shape index (κ2) is 5.26. The fourth-order valence-corrected chi connectivity index (χ4v) is 1.86. The predicted molar refractivity (Wildman–Crippen MR) is 65.4 cm³/mol. The van der Waals surface area contributed by atoms with Crippen LogP contribution in [0.5, 0.6) is 0 Å². The molecule has 2 nitrogen and oxygen atoms in total. The van der Waals surface area contributed by atoms with Gasteiger partial charge in [0.1, 0.15) is 6.10 Å². The van der Waals surface area contributed by atoms with Crippen LogP contribution in [0.2, 0.25) is 0 Å². The summed E-state index contributed by atoms with van der Waals surface area (Å²) in [4.78, 5) is 12.1. The lowest BCUT2D eigenvalue weighted by Crippen LogP contribution is -2.37. The van der Waals surface area contributed by atoms with Crippen molar-refractivity contribution in [3.05, 3.63) is 35.9 Å². The van der Waals surface area contributed by atoms with Gasteiger partial charge < -0.3 is 4.74 Å². The van der Waals surface area contributed by atoms with E-state index in [2.05, 4.69) is 0 Å². The second-order valence-corrected chi connectivity index (χ2v) is 5.11. The Morgan fingerprint density at radius 3 is 2.25 bits per heavy atom. The Morgan fingerprint density at radius 1 is 1.25 bits per heavy atom. The molecule has 0 amide bonds. The number of benzene rings is 1. The molecule has 16 heavy (non-hydrogen) atoms. The molecule has 1 aromatic carbocycles. The van der Waals surface area contributed by atoms with Gasteiger partial charge in [0.15, 0.2) is 5.78 Å². The summed E-state index contributed by atoms with van der Waals surface area (Å²) in [5, 5.41) is 0. The summed E-state index contributed by atoms with van der Waals surface area (Å²) in [5.74, 6) is 0.140. The average Bonchev–Trinajstić information content (AvgIpc) is 2.17. The van der Waals surface area contributed by atoms with Gasteiger partial charge >= 0.3 is 0 Å². The van der Waals surface area contributed by atoms with Gasteiger partial charge in [0.25, 0.3) is 0 Å². The van der Waals surface area contributed by atoms with Crippen LogP contribution in [0.4, 0.5) is 0 Å². The van der Waals surface area contributed by atoms with Crippen molar-refractivity contribution in [2.75, 3.05) is 7.11 Å². The van der Waals surface area contributed by atoms with Crippen molar-refractivity contribution in [2.45, 2.75) is 33.3 Å². The number of methoxy groups -OCH3 is 1. The zero-order chi connectivity index (χ0) is 12.2. The van der Waals surface area contributed by atoms with Crippen molar-refractivity contribution in [2.24, 2.45) is 5.41 Å². The van der Waals surface area contributed by atoms with Gasteiger partial charge in [-0.25, -0.2) is 0 Å². The van der Waals surface area contributed by atoms with E-state index in [9.17, 15) is 4.79 Å². The molecule has 88 valence electrons. The molecule has 0 saturated carbocycles. The van der Waals surface area contributed by atoms with Crippen LogP contribution in [0.3, 0.4) is 0 Å². The first kappa shape index (κ1) is 12.9. The molecular formula is C14H20O2. The molecule has 0 fully saturated rings. The summed E-state index contributed by atoms with van der Waals surface area (Å²) in [7, 11) is 1.60. The van der Waals surface area contributed by atoms with Crippen LogP contribution in [0.25, 0.3) is 0 Å². The lowest BCUT2D eigenvalue weighted by atomic mass is 9.85. The number of carbonyl (C=O) groups is 1. The fraction of sp³-hybridized carbons (Fsp3) is 0.500. The topological polar surface area (TPSA) is 26.3 Å². The lowest BCUT2D eigenvalue weighted by molar-refractivity contribution is -0.134. The summed E-state index contributed by atoms with van der Waals surface area (Å²) < 4.78 is 5.30. The predicted octanol–water partition coefficient (Wildman–Crippen LogP) is 2.86. The smallest absolute Gasteiger partial charge is 0.166 e. The van der Waals surface area contributed by atoms with Crippen LogP contribution in [0.1, 0.15) is 26.3 Å². The molecule has 0 aromatic heterocycles. The number of rotatable bonds is 4. The molecule has 0 heterocycles. The van der Waals surface area contributed by atoms with E-state index in [0.717, 1.165) is 5.56 Å². The Hall–Kier alpha value is -1.15. The molecule has 1 unspecified atom stereocenters. The Kier molecular flexibility index (Phi) is 4.25. The van der Waals surface area contributed by atoms with Crippen molar-refractivity contribution in [3.8, 4) is 0 Å². The van der Waals surface area contributed by atoms with E-state index in [0.29, 0.717) is 6.42 Å². The highest BCUT2D eigenvalue weighted by Gasteiger charge is 2.30. The van der Waals surface area contributed by atoms with Crippen LogP contribution < -0.4 is 0 Å². The molecule has 0 aliphatic rings. The quantitative estimate of drug-likeness (QED) is 0.780. The van der Waals surface area contributed by atoms with E-state index in [-0.39, 0.29) is 17.3 Å². The minimum Gasteiger partial charge on any atom is -0.373 e. The molecule has 1 atom stereocenters. The maximum absolute atomic E-state index is 12.1. The largest absolute Gasteiger partial charge is 0.373 e. The van der Waals surface area contributed by atoms with Crippen LogP contribution in [0, 0.1) is 5.41 Å². The van der Waals surface area contributed by atoms with Crippen LogP contribution in [-0.2, 0) is 16.0 Å². The molecule has 0 bridgehead atoms. The monoisotopic (exact) mass is 220 g/mol. The summed E-state index contributed by atoms with van der Waals surface area (Å²) in [6.45, 7) is 6.05. The molecule has 2 heteroatoms. The third kappa shape index (κ3) is 3.46. The van der Waals surface area contributed by atoms with E-state index in [1.165, 1.54) is 0 Å². The van der Waals surface area contributed by atoms with E-state index >= 15 is 0 Å². The minimum atomic E-state index is -0.340. The normalized spacial score (nSPS) is 13.5. The fourth-order valence-electron chi connectivity index (χ4n) is 1.86. The van der Waals surface area contributed by atoms with E-state index in [4.69, 9.17) is 4.74 Å². The zero-order valence-electron chi connectivity index (χ0n) is 10.5. The first-order valence-corrected chi connectivity index (χ1v) is 5.54. The standard InChI is InChI=1S/C14H20O2/c1-14(2,3)13(16-4)12(15)10-11-8-6-5-7-9-11/h5-9,13H,10H2,1-4H3. The molecule has 0 N–H and O–H groups in total. The van der Waals surface area contributed by atoms with Crippen LogP contribution >= 0.6 is 0 Å². The molecular weight excluding hydrogens is 200 g/mol. The number of ketones is 1. The van der Waals surface area contributed by atoms with Gasteiger partial charge in [-0.2, -0.15) is 0 Å². The number of hydrogen-bond donors (Lipinski definition) is 0. The third-order valence-electron chi connectivity index (χ3n) is 2.54. The molecule has 1 rings (SSSR count). The average molecular weight is 220 g/mol. The van der Waals surface area contributed by atoms with Gasteiger partial charge in [-0.05, 0) is 11.0 Å². The van der Waals surface area contributed by atoms with E-state index in [1.807, 2.05) is 51.1 Å². The molecule has 0 aliphatic carbocycles. The van der Waals surface area contributed by atoms with Crippen molar-refractivity contribution < 1.29 is 9.53 Å². The highest BCUT2D eigenvalue weighted by molar-refractivity contribution is 5.85. The van der Waals surface area contributed by atoms with Crippen LogP contribution in [-0.4, -0.2) is 19.0 Å². The number of Topliss-reactive ketones (excluding diaryl/α,β-unsaturated/α-hetero) is 1. The van der Waals surface area contributed by atoms with Gasteiger partial charge in [0.05, 0.1) is 0 Å². The summed E-state index contributed by atoms with van der Waals surface area (Å²) in [5.41, 5.74) is 0.888. The van der Waals surface area contributed by atoms with Crippen LogP contribution in [0.15, 0.2) is 30.3 Å². The van der Waals surface area contributed by atoms with Gasteiger partial charge in [-0.3, -0.25) is 4.79 Å². The molecule has 1 aromatic rings. The Morgan fingerprint density at radius 2 is 1.81 bits per heavy atom. The Bertz CT molecular complexity index is 336. The number of hydrogen-bond acceptors (Lipinski definition) is 2. The third-order valence-corrected chi connectivity index (χ3v) is 2.54. The molecule has 0 aliphatic heterocycles. The molecule has 0 spiro atoms. The van der Waals surface area contributed by atoms with Gasteiger partial charge in [0, 0.05) is 13.5 Å². The lowest BCUT2D eigenvalue weighted by Gasteiger charge is -2.28. The Balaban J connectivity index is 2.71. The summed E-state index contributed by atoms with van der Waals surface area (Å²) in [6.07, 6.45) is 0.101. The highest BCUT2D eigenvalue weighted by Crippen LogP contribution is 2.23. The number of carbonyl (C=O) groups excluding carboxylic acids is 1. The molecule has 0 radical (unpaired) electrons. The summed E-state index contributed by atoms with van der Waals surface area (Å²) in [6, 6.07) is 9.77. The number of ether oxygens (including phenoxy) is 1. The molecule has 0 saturated heterocycles. The van der Waals surface area contributed by atoms with Gasteiger partial charge in [0.2, 0.25) is 0 Å². The first-order chi connectivity index (χ1) is 7.45. The minimum absolute atomic E-state index is 0.140. The maximum Gasteiger partial charge on any atom is 0.166 e.